The van der Waals surface area contributed by atoms with Crippen molar-refractivity contribution in [2.45, 2.75) is 19.5 Å². The number of halogens is 1. The highest BCUT2D eigenvalue weighted by Gasteiger charge is 2.18. The SMILES string of the molecule is CCOc1cc(CN[C@@H](c2ccc(F)cc2)c2nccn2C)ccc1OC. The normalized spacial score (nSPS) is 12.0. The van der Waals surface area contributed by atoms with E-state index >= 15 is 0 Å². The van der Waals surface area contributed by atoms with E-state index in [2.05, 4.69) is 10.3 Å². The van der Waals surface area contributed by atoms with Crippen molar-refractivity contribution in [3.05, 3.63) is 77.6 Å². The second kappa shape index (κ2) is 8.68. The third kappa shape index (κ3) is 4.46. The van der Waals surface area contributed by atoms with Gasteiger partial charge < -0.3 is 14.0 Å². The zero-order valence-electron chi connectivity index (χ0n) is 15.8. The molecule has 0 saturated carbocycles. The molecule has 0 unspecified atom stereocenters. The zero-order chi connectivity index (χ0) is 19.2. The Labute approximate surface area is 158 Å². The molecule has 2 aromatic carbocycles. The van der Waals surface area contributed by atoms with Crippen molar-refractivity contribution in [2.75, 3.05) is 13.7 Å². The van der Waals surface area contributed by atoms with Gasteiger partial charge in [-0.3, -0.25) is 5.32 Å². The van der Waals surface area contributed by atoms with Gasteiger partial charge in [0.1, 0.15) is 11.6 Å². The van der Waals surface area contributed by atoms with Crippen LogP contribution in [0.5, 0.6) is 11.5 Å². The van der Waals surface area contributed by atoms with Gasteiger partial charge in [0.05, 0.1) is 19.8 Å². The van der Waals surface area contributed by atoms with E-state index in [1.807, 2.05) is 42.9 Å². The molecule has 142 valence electrons. The fourth-order valence-corrected chi connectivity index (χ4v) is 2.99. The van der Waals surface area contributed by atoms with Crippen molar-refractivity contribution in [2.24, 2.45) is 7.05 Å². The predicted octanol–water partition coefficient (Wildman–Crippen LogP) is 3.85. The summed E-state index contributed by atoms with van der Waals surface area (Å²) in [5.41, 5.74) is 2.00. The maximum atomic E-state index is 13.3. The molecule has 0 amide bonds. The first-order valence-corrected chi connectivity index (χ1v) is 8.88. The first-order valence-electron chi connectivity index (χ1n) is 8.88. The van der Waals surface area contributed by atoms with Crippen LogP contribution in [0.2, 0.25) is 0 Å². The summed E-state index contributed by atoms with van der Waals surface area (Å²) in [6, 6.07) is 12.2. The Balaban J connectivity index is 1.84. The smallest absolute Gasteiger partial charge is 0.161 e. The van der Waals surface area contributed by atoms with Crippen molar-refractivity contribution >= 4 is 0 Å². The lowest BCUT2D eigenvalue weighted by Gasteiger charge is -2.20. The average Bonchev–Trinajstić information content (AvgIpc) is 3.10. The maximum Gasteiger partial charge on any atom is 0.161 e. The summed E-state index contributed by atoms with van der Waals surface area (Å²) in [4.78, 5) is 4.46. The van der Waals surface area contributed by atoms with Crippen LogP contribution in [0.3, 0.4) is 0 Å². The number of benzene rings is 2. The van der Waals surface area contributed by atoms with E-state index in [0.29, 0.717) is 18.9 Å². The standard InChI is InChI=1S/C21H24FN3O2/c1-4-27-19-13-15(5-10-18(19)26-3)14-24-20(21-23-11-12-25(21)2)16-6-8-17(22)9-7-16/h5-13,20,24H,4,14H2,1-3H3/t20-/m0/s1. The number of imidazole rings is 1. The van der Waals surface area contributed by atoms with Crippen LogP contribution in [0, 0.1) is 5.82 Å². The van der Waals surface area contributed by atoms with Crippen molar-refractivity contribution in [3.8, 4) is 11.5 Å². The summed E-state index contributed by atoms with van der Waals surface area (Å²) in [7, 11) is 3.57. The van der Waals surface area contributed by atoms with Gasteiger partial charge in [0.15, 0.2) is 11.5 Å². The van der Waals surface area contributed by atoms with Gasteiger partial charge in [0.25, 0.3) is 0 Å². The van der Waals surface area contributed by atoms with Crippen molar-refractivity contribution in [1.82, 2.24) is 14.9 Å². The number of rotatable bonds is 8. The van der Waals surface area contributed by atoms with Gasteiger partial charge in [0, 0.05) is 26.0 Å². The van der Waals surface area contributed by atoms with E-state index in [1.165, 1.54) is 12.1 Å². The molecule has 0 fully saturated rings. The minimum atomic E-state index is -0.256. The van der Waals surface area contributed by atoms with Gasteiger partial charge in [-0.05, 0) is 42.3 Å². The molecule has 1 N–H and O–H groups in total. The first-order chi connectivity index (χ1) is 13.1. The highest BCUT2D eigenvalue weighted by molar-refractivity contribution is 5.43. The Kier molecular flexibility index (Phi) is 6.08. The van der Waals surface area contributed by atoms with Gasteiger partial charge >= 0.3 is 0 Å². The van der Waals surface area contributed by atoms with E-state index in [4.69, 9.17) is 9.47 Å². The quantitative estimate of drug-likeness (QED) is 0.655. The molecule has 0 aliphatic heterocycles. The Bertz CT molecular complexity index is 877. The summed E-state index contributed by atoms with van der Waals surface area (Å²) in [5.74, 6) is 2.03. The molecule has 6 heteroatoms. The number of methoxy groups -OCH3 is 1. The molecule has 0 bridgehead atoms. The topological polar surface area (TPSA) is 48.3 Å². The highest BCUT2D eigenvalue weighted by atomic mass is 19.1. The lowest BCUT2D eigenvalue weighted by atomic mass is 10.1. The summed E-state index contributed by atoms with van der Waals surface area (Å²) < 4.78 is 26.3. The maximum absolute atomic E-state index is 13.3. The molecule has 0 saturated heterocycles. The van der Waals surface area contributed by atoms with Crippen LogP contribution >= 0.6 is 0 Å². The Morgan fingerprint density at radius 3 is 2.56 bits per heavy atom. The molecular weight excluding hydrogens is 345 g/mol. The predicted molar refractivity (Wildman–Crippen MR) is 102 cm³/mol. The molecule has 0 radical (unpaired) electrons. The van der Waals surface area contributed by atoms with Crippen LogP contribution in [0.15, 0.2) is 54.9 Å². The molecule has 0 aliphatic rings. The number of aromatic nitrogens is 2. The molecule has 3 aromatic rings. The lowest BCUT2D eigenvalue weighted by molar-refractivity contribution is 0.310. The molecule has 1 aromatic heterocycles. The van der Waals surface area contributed by atoms with Gasteiger partial charge in [-0.25, -0.2) is 9.37 Å². The highest BCUT2D eigenvalue weighted by Crippen LogP contribution is 2.29. The third-order valence-corrected chi connectivity index (χ3v) is 4.36. The monoisotopic (exact) mass is 369 g/mol. The number of aryl methyl sites for hydroxylation is 1. The number of hydrogen-bond acceptors (Lipinski definition) is 4. The second-order valence-corrected chi connectivity index (χ2v) is 6.18. The van der Waals surface area contributed by atoms with Gasteiger partial charge in [-0.2, -0.15) is 0 Å². The van der Waals surface area contributed by atoms with Crippen LogP contribution in [-0.2, 0) is 13.6 Å². The van der Waals surface area contributed by atoms with Crippen LogP contribution in [0.4, 0.5) is 4.39 Å². The fraction of sp³-hybridized carbons (Fsp3) is 0.286. The molecule has 1 heterocycles. The van der Waals surface area contributed by atoms with E-state index in [9.17, 15) is 4.39 Å². The molecular formula is C21H24FN3O2. The lowest BCUT2D eigenvalue weighted by Crippen LogP contribution is -2.24. The zero-order valence-corrected chi connectivity index (χ0v) is 15.8. The number of ether oxygens (including phenoxy) is 2. The summed E-state index contributed by atoms with van der Waals surface area (Å²) in [6.45, 7) is 3.10. The van der Waals surface area contributed by atoms with E-state index < -0.39 is 0 Å². The summed E-state index contributed by atoms with van der Waals surface area (Å²) >= 11 is 0. The van der Waals surface area contributed by atoms with Crippen molar-refractivity contribution in [1.29, 1.82) is 0 Å². The Hall–Kier alpha value is -2.86. The van der Waals surface area contributed by atoms with E-state index in [0.717, 1.165) is 22.7 Å². The molecule has 27 heavy (non-hydrogen) atoms. The average molecular weight is 369 g/mol. The van der Waals surface area contributed by atoms with Crippen LogP contribution in [-0.4, -0.2) is 23.3 Å². The largest absolute Gasteiger partial charge is 0.493 e. The fourth-order valence-electron chi connectivity index (χ4n) is 2.99. The molecule has 1 atom stereocenters. The van der Waals surface area contributed by atoms with E-state index in [-0.39, 0.29) is 11.9 Å². The van der Waals surface area contributed by atoms with E-state index in [1.54, 1.807) is 25.4 Å². The number of hydrogen-bond donors (Lipinski definition) is 1. The van der Waals surface area contributed by atoms with Crippen LogP contribution < -0.4 is 14.8 Å². The number of nitrogens with one attached hydrogen (secondary N) is 1. The Morgan fingerprint density at radius 1 is 1.15 bits per heavy atom. The summed E-state index contributed by atoms with van der Waals surface area (Å²) in [5, 5.41) is 3.52. The third-order valence-electron chi connectivity index (χ3n) is 4.36. The van der Waals surface area contributed by atoms with Gasteiger partial charge in [-0.15, -0.1) is 0 Å². The Morgan fingerprint density at radius 2 is 1.93 bits per heavy atom. The molecule has 3 rings (SSSR count). The molecule has 0 spiro atoms. The van der Waals surface area contributed by atoms with Crippen molar-refractivity contribution in [3.63, 3.8) is 0 Å². The van der Waals surface area contributed by atoms with Crippen LogP contribution in [0.1, 0.15) is 29.9 Å². The molecule has 0 aliphatic carbocycles. The number of nitrogens with zero attached hydrogens (tertiary/aromatic N) is 2. The minimum Gasteiger partial charge on any atom is -0.493 e. The van der Waals surface area contributed by atoms with Gasteiger partial charge in [-0.1, -0.05) is 18.2 Å². The summed E-state index contributed by atoms with van der Waals surface area (Å²) in [6.07, 6.45) is 3.65. The van der Waals surface area contributed by atoms with Crippen molar-refractivity contribution < 1.29 is 13.9 Å². The van der Waals surface area contributed by atoms with Crippen LogP contribution in [0.25, 0.3) is 0 Å². The second-order valence-electron chi connectivity index (χ2n) is 6.18. The molecule has 5 nitrogen and oxygen atoms in total. The first kappa shape index (κ1) is 18.9. The minimum absolute atomic E-state index is 0.164. The van der Waals surface area contributed by atoms with Gasteiger partial charge in [0.2, 0.25) is 0 Å².